The SMILES string of the molecule is CCCN(C)[C@H]1C[C@@H](C)O[C@@H](O[C@@H]2[C@@H](C)C(=O)[C@](C)(F)C(=O)O[C@H](CC)[C@@](C)(O)[C@H](O)[C@@H](C)C(=O)[C@H](C)C[C@@]2(C)OC)[C@@H]1O. The van der Waals surface area contributed by atoms with Gasteiger partial charge in [0, 0.05) is 30.9 Å². The van der Waals surface area contributed by atoms with Crippen LogP contribution in [0.2, 0.25) is 0 Å². The number of carbonyl (C=O) groups excluding carboxylic acids is 3. The molecule has 2 saturated heterocycles. The molecule has 2 aliphatic heterocycles. The Balaban J connectivity index is 2.66. The lowest BCUT2D eigenvalue weighted by Crippen LogP contribution is -2.61. The number of aliphatic hydroxyl groups excluding tert-OH is 2. The molecule has 0 aromatic carbocycles. The molecule has 256 valence electrons. The average Bonchev–Trinajstić information content (AvgIpc) is 2.96. The first kappa shape index (κ1) is 38.6. The molecule has 3 N–H and O–H groups in total. The molecular weight excluding hydrogens is 577 g/mol. The van der Waals surface area contributed by atoms with E-state index in [-0.39, 0.29) is 25.0 Å². The Morgan fingerprint density at radius 1 is 1.05 bits per heavy atom. The summed E-state index contributed by atoms with van der Waals surface area (Å²) in [4.78, 5) is 42.7. The van der Waals surface area contributed by atoms with Gasteiger partial charge in [0.2, 0.25) is 0 Å². The minimum Gasteiger partial charge on any atom is -0.457 e. The fourth-order valence-corrected chi connectivity index (χ4v) is 6.88. The molecular formula is C32H56FNO10. The zero-order valence-electron chi connectivity index (χ0n) is 28.3. The molecule has 0 aromatic rings. The summed E-state index contributed by atoms with van der Waals surface area (Å²) in [6, 6.07) is -0.329. The number of aliphatic hydroxyl groups is 3. The predicted molar refractivity (Wildman–Crippen MR) is 160 cm³/mol. The van der Waals surface area contributed by atoms with Gasteiger partial charge in [-0.1, -0.05) is 34.6 Å². The molecule has 2 heterocycles. The molecule has 0 aliphatic carbocycles. The lowest BCUT2D eigenvalue weighted by molar-refractivity contribution is -0.296. The third-order valence-corrected chi connectivity index (χ3v) is 9.81. The van der Waals surface area contributed by atoms with E-state index in [1.165, 1.54) is 27.9 Å². The average molecular weight is 634 g/mol. The summed E-state index contributed by atoms with van der Waals surface area (Å²) in [7, 11) is 3.26. The normalized spacial score (nSPS) is 45.2. The standard InChI is InChI=1S/C32H56FNO10/c1-12-14-34(10)21-15-18(4)42-28(24(21)36)44-27-20(6)25(37)31(8,33)29(39)43-22(13-2)32(9,40)26(38)19(5)23(35)17(3)16-30(27,7)41-11/h17-22,24,26-28,36,38,40H,12-16H2,1-11H3/t17-,18-,19+,20+,21+,22-,24-,26-,27-,28+,30-,31+,32-/m1/s1. The molecule has 0 unspecified atom stereocenters. The molecule has 2 fully saturated rings. The van der Waals surface area contributed by atoms with Crippen molar-refractivity contribution >= 4 is 17.5 Å². The number of likely N-dealkylation sites (N-methyl/N-ethyl adjacent to an activating group) is 1. The van der Waals surface area contributed by atoms with Gasteiger partial charge < -0.3 is 39.2 Å². The number of cyclic esters (lactones) is 1. The van der Waals surface area contributed by atoms with Gasteiger partial charge in [-0.3, -0.25) is 9.59 Å². The van der Waals surface area contributed by atoms with Crippen LogP contribution in [0.1, 0.15) is 88.0 Å². The van der Waals surface area contributed by atoms with Gasteiger partial charge >= 0.3 is 5.97 Å². The Bertz CT molecular complexity index is 1010. The van der Waals surface area contributed by atoms with Gasteiger partial charge in [0.1, 0.15) is 23.6 Å². The Hall–Kier alpha value is -1.54. The van der Waals surface area contributed by atoms with E-state index in [1.807, 2.05) is 25.8 Å². The van der Waals surface area contributed by atoms with Gasteiger partial charge in [0.25, 0.3) is 5.67 Å². The maximum Gasteiger partial charge on any atom is 0.351 e. The third-order valence-electron chi connectivity index (χ3n) is 9.81. The van der Waals surface area contributed by atoms with Gasteiger partial charge in [-0.15, -0.1) is 0 Å². The Kier molecular flexibility index (Phi) is 13.1. The molecule has 0 amide bonds. The van der Waals surface area contributed by atoms with E-state index in [0.29, 0.717) is 13.0 Å². The van der Waals surface area contributed by atoms with E-state index in [0.717, 1.165) is 13.3 Å². The van der Waals surface area contributed by atoms with E-state index in [2.05, 4.69) is 0 Å². The van der Waals surface area contributed by atoms with Crippen LogP contribution in [0.3, 0.4) is 0 Å². The maximum absolute atomic E-state index is 16.2. The first-order valence-corrected chi connectivity index (χ1v) is 15.8. The van der Waals surface area contributed by atoms with Crippen LogP contribution in [0.5, 0.6) is 0 Å². The number of ketones is 2. The quantitative estimate of drug-likeness (QED) is 0.280. The molecule has 0 bridgehead atoms. The highest BCUT2D eigenvalue weighted by Crippen LogP contribution is 2.39. The number of Topliss-reactive ketones (excluding diaryl/α,β-unsaturated/α-hetero) is 2. The van der Waals surface area contributed by atoms with Crippen molar-refractivity contribution in [1.29, 1.82) is 0 Å². The number of hydrogen-bond acceptors (Lipinski definition) is 11. The van der Waals surface area contributed by atoms with Crippen molar-refractivity contribution < 1.29 is 53.0 Å². The minimum absolute atomic E-state index is 0.0255. The van der Waals surface area contributed by atoms with Crippen molar-refractivity contribution in [2.45, 2.75) is 148 Å². The summed E-state index contributed by atoms with van der Waals surface area (Å²) >= 11 is 0. The van der Waals surface area contributed by atoms with Gasteiger partial charge in [-0.25, -0.2) is 9.18 Å². The molecule has 2 rings (SSSR count). The second-order valence-electron chi connectivity index (χ2n) is 13.6. The van der Waals surface area contributed by atoms with Crippen LogP contribution >= 0.6 is 0 Å². The molecule has 11 nitrogen and oxygen atoms in total. The number of methoxy groups -OCH3 is 1. The summed E-state index contributed by atoms with van der Waals surface area (Å²) in [5.41, 5.74) is -6.75. The molecule has 44 heavy (non-hydrogen) atoms. The molecule has 2 aliphatic rings. The highest BCUT2D eigenvalue weighted by Gasteiger charge is 2.56. The summed E-state index contributed by atoms with van der Waals surface area (Å²) in [6.07, 6.45) is -5.77. The maximum atomic E-state index is 16.2. The Morgan fingerprint density at radius 3 is 2.16 bits per heavy atom. The van der Waals surface area contributed by atoms with Crippen molar-refractivity contribution in [2.24, 2.45) is 17.8 Å². The van der Waals surface area contributed by atoms with Crippen LogP contribution in [0.15, 0.2) is 0 Å². The van der Waals surface area contributed by atoms with Gasteiger partial charge in [0.15, 0.2) is 12.1 Å². The van der Waals surface area contributed by atoms with Crippen molar-refractivity contribution in [1.82, 2.24) is 4.90 Å². The molecule has 12 heteroatoms. The smallest absolute Gasteiger partial charge is 0.351 e. The lowest BCUT2D eigenvalue weighted by Gasteiger charge is -2.47. The van der Waals surface area contributed by atoms with Crippen LogP contribution in [-0.2, 0) is 33.3 Å². The molecule has 0 aromatic heterocycles. The third kappa shape index (κ3) is 7.87. The molecule has 0 saturated carbocycles. The second kappa shape index (κ2) is 14.9. The fraction of sp³-hybridized carbons (Fsp3) is 0.906. The monoisotopic (exact) mass is 633 g/mol. The minimum atomic E-state index is -3.18. The fourth-order valence-electron chi connectivity index (χ4n) is 6.88. The number of alkyl halides is 1. The van der Waals surface area contributed by atoms with E-state index in [1.54, 1.807) is 20.8 Å². The zero-order chi connectivity index (χ0) is 33.9. The highest BCUT2D eigenvalue weighted by atomic mass is 19.1. The largest absolute Gasteiger partial charge is 0.457 e. The molecule has 13 atom stereocenters. The summed E-state index contributed by atoms with van der Waals surface area (Å²) in [5.74, 6) is -6.36. The van der Waals surface area contributed by atoms with E-state index in [9.17, 15) is 29.7 Å². The Morgan fingerprint density at radius 2 is 1.64 bits per heavy atom. The topological polar surface area (TPSA) is 152 Å². The number of halogens is 1. The first-order valence-electron chi connectivity index (χ1n) is 15.8. The molecule has 0 radical (unpaired) electrons. The second-order valence-corrected chi connectivity index (χ2v) is 13.6. The van der Waals surface area contributed by atoms with Gasteiger partial charge in [-0.05, 0) is 67.0 Å². The van der Waals surface area contributed by atoms with Crippen molar-refractivity contribution in [3.8, 4) is 0 Å². The van der Waals surface area contributed by atoms with Crippen molar-refractivity contribution in [3.63, 3.8) is 0 Å². The van der Waals surface area contributed by atoms with Crippen LogP contribution in [0.4, 0.5) is 4.39 Å². The number of nitrogens with zero attached hydrogens (tertiary/aromatic N) is 1. The number of ether oxygens (including phenoxy) is 4. The van der Waals surface area contributed by atoms with Crippen molar-refractivity contribution in [3.05, 3.63) is 0 Å². The highest BCUT2D eigenvalue weighted by molar-refractivity contribution is 6.07. The van der Waals surface area contributed by atoms with Crippen molar-refractivity contribution in [2.75, 3.05) is 20.7 Å². The zero-order valence-corrected chi connectivity index (χ0v) is 28.3. The van der Waals surface area contributed by atoms with Crippen LogP contribution < -0.4 is 0 Å². The predicted octanol–water partition coefficient (Wildman–Crippen LogP) is 2.60. The lowest BCUT2D eigenvalue weighted by atomic mass is 9.74. The van der Waals surface area contributed by atoms with E-state index >= 15 is 4.39 Å². The first-order chi connectivity index (χ1) is 20.2. The Labute approximate surface area is 261 Å². The number of carbonyl (C=O) groups is 3. The van der Waals surface area contributed by atoms with Crippen LogP contribution in [-0.4, -0.2) is 118 Å². The van der Waals surface area contributed by atoms with Crippen LogP contribution in [0.25, 0.3) is 0 Å². The van der Waals surface area contributed by atoms with E-state index < -0.39 is 82.9 Å². The van der Waals surface area contributed by atoms with Gasteiger partial charge in [0.05, 0.1) is 23.9 Å². The van der Waals surface area contributed by atoms with Gasteiger partial charge in [-0.2, -0.15) is 0 Å². The number of esters is 1. The molecule has 0 spiro atoms. The number of hydrogen-bond donors (Lipinski definition) is 3. The summed E-state index contributed by atoms with van der Waals surface area (Å²) in [6.45, 7) is 14.2. The van der Waals surface area contributed by atoms with E-state index in [4.69, 9.17) is 18.9 Å². The summed E-state index contributed by atoms with van der Waals surface area (Å²) in [5, 5.41) is 33.7. The summed E-state index contributed by atoms with van der Waals surface area (Å²) < 4.78 is 39.9. The van der Waals surface area contributed by atoms with Crippen LogP contribution in [0, 0.1) is 17.8 Å². The number of rotatable bonds is 7.